The molecule has 0 spiro atoms. The third kappa shape index (κ3) is 4.74. The van der Waals surface area contributed by atoms with Crippen LogP contribution < -0.4 is 5.32 Å². The number of hydrogen-bond acceptors (Lipinski definition) is 5. The number of ether oxygens (including phenoxy) is 1. The van der Waals surface area contributed by atoms with Crippen LogP contribution in [0.25, 0.3) is 0 Å². The van der Waals surface area contributed by atoms with Crippen molar-refractivity contribution in [2.45, 2.75) is 24.8 Å². The number of hydrogen-bond donors (Lipinski definition) is 1. The first-order valence-electron chi connectivity index (χ1n) is 10.1. The number of carbonyl (C=O) groups excluding carboxylic acids is 1. The Bertz CT molecular complexity index is 1000. The minimum absolute atomic E-state index is 0.0438. The first-order chi connectivity index (χ1) is 14.7. The Labute approximate surface area is 181 Å². The molecule has 2 atom stereocenters. The summed E-state index contributed by atoms with van der Waals surface area (Å²) in [6.45, 7) is 2.19. The van der Waals surface area contributed by atoms with Gasteiger partial charge in [-0.2, -0.15) is 0 Å². The Balaban J connectivity index is 1.47. The molecule has 0 amide bonds. The number of rotatable bonds is 6. The quantitative estimate of drug-likeness (QED) is 0.536. The molecule has 3 aromatic rings. The van der Waals surface area contributed by atoms with Crippen LogP contribution in [0.15, 0.2) is 89.9 Å². The summed E-state index contributed by atoms with van der Waals surface area (Å²) in [5.41, 5.74) is 4.14. The van der Waals surface area contributed by atoms with E-state index in [1.54, 1.807) is 11.8 Å². The summed E-state index contributed by atoms with van der Waals surface area (Å²) in [7, 11) is 0. The Morgan fingerprint density at radius 2 is 1.57 bits per heavy atom. The van der Waals surface area contributed by atoms with Crippen LogP contribution in [0.1, 0.15) is 46.1 Å². The molecule has 1 aliphatic heterocycles. The van der Waals surface area contributed by atoms with E-state index in [1.807, 2.05) is 43.3 Å². The van der Waals surface area contributed by atoms with Crippen molar-refractivity contribution in [1.29, 1.82) is 0 Å². The van der Waals surface area contributed by atoms with Crippen LogP contribution in [0.2, 0.25) is 0 Å². The summed E-state index contributed by atoms with van der Waals surface area (Å²) in [6, 6.07) is 28.6. The summed E-state index contributed by atoms with van der Waals surface area (Å²) < 4.78 is 5.04. The Morgan fingerprint density at radius 3 is 2.20 bits per heavy atom. The Hall–Kier alpha value is -3.05. The molecular formula is C25H24N2O2S. The van der Waals surface area contributed by atoms with Gasteiger partial charge in [0.15, 0.2) is 5.17 Å². The van der Waals surface area contributed by atoms with Crippen LogP contribution in [-0.2, 0) is 10.5 Å². The molecule has 5 heteroatoms. The molecule has 0 fully saturated rings. The third-order valence-electron chi connectivity index (χ3n) is 4.99. The van der Waals surface area contributed by atoms with Gasteiger partial charge in [-0.1, -0.05) is 84.6 Å². The van der Waals surface area contributed by atoms with E-state index in [-0.39, 0.29) is 18.1 Å². The van der Waals surface area contributed by atoms with Crippen LogP contribution in [0.5, 0.6) is 0 Å². The van der Waals surface area contributed by atoms with Gasteiger partial charge in [0.05, 0.1) is 18.2 Å². The van der Waals surface area contributed by atoms with E-state index >= 15 is 0 Å². The van der Waals surface area contributed by atoms with E-state index in [9.17, 15) is 4.79 Å². The molecule has 1 heterocycles. The van der Waals surface area contributed by atoms with Gasteiger partial charge in [-0.3, -0.25) is 4.99 Å². The zero-order chi connectivity index (χ0) is 20.8. The monoisotopic (exact) mass is 416 g/mol. The topological polar surface area (TPSA) is 50.7 Å². The molecule has 0 saturated carbocycles. The lowest BCUT2D eigenvalue weighted by Crippen LogP contribution is -2.22. The van der Waals surface area contributed by atoms with Gasteiger partial charge >= 0.3 is 5.97 Å². The first-order valence-corrected chi connectivity index (χ1v) is 11.1. The van der Waals surface area contributed by atoms with Crippen molar-refractivity contribution in [2.24, 2.45) is 4.99 Å². The van der Waals surface area contributed by atoms with Gasteiger partial charge in [0.2, 0.25) is 0 Å². The lowest BCUT2D eigenvalue weighted by Gasteiger charge is -2.19. The number of nitrogens with one attached hydrogen (secondary N) is 1. The standard InChI is InChI=1S/C25H24N2O2S/c1-2-29-24(28)21-15-13-18(14-16-21)17-30-25-26-22(19-9-5-3-6-10-19)23(27-25)20-11-7-4-8-12-20/h3-16,22-23H,2,17H2,1H3,(H,26,27). The van der Waals surface area contributed by atoms with E-state index in [0.717, 1.165) is 16.5 Å². The maximum absolute atomic E-state index is 11.8. The fraction of sp³-hybridized carbons (Fsp3) is 0.200. The van der Waals surface area contributed by atoms with Crippen molar-refractivity contribution < 1.29 is 9.53 Å². The van der Waals surface area contributed by atoms with Crippen molar-refractivity contribution in [3.8, 4) is 0 Å². The number of carbonyl (C=O) groups is 1. The summed E-state index contributed by atoms with van der Waals surface area (Å²) in [5.74, 6) is 0.493. The number of amidine groups is 1. The van der Waals surface area contributed by atoms with Crippen molar-refractivity contribution in [3.63, 3.8) is 0 Å². The average Bonchev–Trinajstić information content (AvgIpc) is 3.24. The molecule has 3 aromatic carbocycles. The predicted octanol–water partition coefficient (Wildman–Crippen LogP) is 5.54. The number of benzene rings is 3. The number of esters is 1. The van der Waals surface area contributed by atoms with E-state index < -0.39 is 0 Å². The summed E-state index contributed by atoms with van der Waals surface area (Å²) in [6.07, 6.45) is 0. The fourth-order valence-corrected chi connectivity index (χ4v) is 4.37. The zero-order valence-electron chi connectivity index (χ0n) is 16.8. The highest BCUT2D eigenvalue weighted by Crippen LogP contribution is 2.38. The molecule has 4 rings (SSSR count). The summed E-state index contributed by atoms with van der Waals surface area (Å²) in [5, 5.41) is 4.55. The van der Waals surface area contributed by atoms with Crippen LogP contribution in [-0.4, -0.2) is 17.7 Å². The summed E-state index contributed by atoms with van der Waals surface area (Å²) >= 11 is 1.68. The normalized spacial score (nSPS) is 17.8. The molecule has 0 radical (unpaired) electrons. The molecule has 152 valence electrons. The van der Waals surface area contributed by atoms with Gasteiger partial charge in [-0.25, -0.2) is 4.79 Å². The van der Waals surface area contributed by atoms with E-state index in [2.05, 4.69) is 53.8 Å². The number of aliphatic imine (C=N–C) groups is 1. The average molecular weight is 417 g/mol. The van der Waals surface area contributed by atoms with E-state index in [4.69, 9.17) is 9.73 Å². The van der Waals surface area contributed by atoms with Crippen LogP contribution in [0, 0.1) is 0 Å². The highest BCUT2D eigenvalue weighted by Gasteiger charge is 2.31. The highest BCUT2D eigenvalue weighted by molar-refractivity contribution is 8.13. The SMILES string of the molecule is CCOC(=O)c1ccc(CSC2=NC(c3ccccc3)C(c3ccccc3)N2)cc1. The van der Waals surface area contributed by atoms with Gasteiger partial charge in [-0.15, -0.1) is 0 Å². The van der Waals surface area contributed by atoms with Gasteiger partial charge in [0.25, 0.3) is 0 Å². The third-order valence-corrected chi connectivity index (χ3v) is 5.97. The Morgan fingerprint density at radius 1 is 0.933 bits per heavy atom. The van der Waals surface area contributed by atoms with Crippen LogP contribution >= 0.6 is 11.8 Å². The summed E-state index contributed by atoms with van der Waals surface area (Å²) in [4.78, 5) is 16.8. The second-order valence-electron chi connectivity index (χ2n) is 7.03. The molecule has 0 saturated heterocycles. The van der Waals surface area contributed by atoms with Crippen molar-refractivity contribution in [2.75, 3.05) is 6.61 Å². The van der Waals surface area contributed by atoms with E-state index in [0.29, 0.717) is 12.2 Å². The number of nitrogens with zero attached hydrogens (tertiary/aromatic N) is 1. The largest absolute Gasteiger partial charge is 0.462 e. The van der Waals surface area contributed by atoms with Gasteiger partial charge in [-0.05, 0) is 35.7 Å². The van der Waals surface area contributed by atoms with E-state index in [1.165, 1.54) is 11.1 Å². The Kier molecular flexibility index (Phi) is 6.50. The van der Waals surface area contributed by atoms with Crippen molar-refractivity contribution in [1.82, 2.24) is 5.32 Å². The molecule has 30 heavy (non-hydrogen) atoms. The first kappa shape index (κ1) is 20.2. The minimum Gasteiger partial charge on any atom is -0.462 e. The molecule has 0 aromatic heterocycles. The zero-order valence-corrected chi connectivity index (χ0v) is 17.6. The fourth-order valence-electron chi connectivity index (χ4n) is 3.48. The van der Waals surface area contributed by atoms with Crippen molar-refractivity contribution >= 4 is 22.9 Å². The second kappa shape index (κ2) is 9.63. The predicted molar refractivity (Wildman–Crippen MR) is 123 cm³/mol. The van der Waals surface area contributed by atoms with Gasteiger partial charge < -0.3 is 10.1 Å². The maximum Gasteiger partial charge on any atom is 0.338 e. The molecule has 4 nitrogen and oxygen atoms in total. The second-order valence-corrected chi connectivity index (χ2v) is 7.99. The molecule has 1 aliphatic rings. The molecule has 1 N–H and O–H groups in total. The number of thioether (sulfide) groups is 1. The van der Waals surface area contributed by atoms with Gasteiger partial charge in [0.1, 0.15) is 6.04 Å². The smallest absolute Gasteiger partial charge is 0.338 e. The maximum atomic E-state index is 11.8. The highest BCUT2D eigenvalue weighted by atomic mass is 32.2. The lowest BCUT2D eigenvalue weighted by atomic mass is 9.95. The van der Waals surface area contributed by atoms with Crippen LogP contribution in [0.4, 0.5) is 0 Å². The molecule has 2 unspecified atom stereocenters. The minimum atomic E-state index is -0.282. The van der Waals surface area contributed by atoms with Crippen molar-refractivity contribution in [3.05, 3.63) is 107 Å². The van der Waals surface area contributed by atoms with Gasteiger partial charge in [0, 0.05) is 5.75 Å². The molecular weight excluding hydrogens is 392 g/mol. The molecule has 0 aliphatic carbocycles. The lowest BCUT2D eigenvalue weighted by molar-refractivity contribution is 0.0526. The molecule has 0 bridgehead atoms. The van der Waals surface area contributed by atoms with Crippen LogP contribution in [0.3, 0.4) is 0 Å².